The number of fused-ring (bicyclic) bond motifs is 2. The zero-order valence-corrected chi connectivity index (χ0v) is 16.8. The smallest absolute Gasteiger partial charge is 0.449 e. The lowest BCUT2D eigenvalue weighted by atomic mass is 9.99. The minimum absolute atomic E-state index is 0.00834. The molecule has 5 rings (SSSR count). The van der Waals surface area contributed by atoms with Crippen molar-refractivity contribution in [2.75, 3.05) is 11.4 Å². The summed E-state index contributed by atoms with van der Waals surface area (Å²) < 4.78 is 5.77. The molecule has 2 aromatic heterocycles. The Morgan fingerprint density at radius 2 is 2.03 bits per heavy atom. The molecule has 1 aliphatic rings. The molecule has 0 unspecified atom stereocenters. The second-order valence-corrected chi connectivity index (χ2v) is 7.55. The van der Waals surface area contributed by atoms with Gasteiger partial charge in [-0.2, -0.15) is 5.10 Å². The number of benzene rings is 2. The van der Waals surface area contributed by atoms with Crippen molar-refractivity contribution in [3.63, 3.8) is 0 Å². The van der Waals surface area contributed by atoms with E-state index in [0.29, 0.717) is 22.5 Å². The lowest BCUT2D eigenvalue weighted by Gasteiger charge is -2.31. The van der Waals surface area contributed by atoms with Crippen molar-refractivity contribution < 1.29 is 14.6 Å². The van der Waals surface area contributed by atoms with Gasteiger partial charge >= 0.3 is 6.16 Å². The number of aromatic amines is 1. The van der Waals surface area contributed by atoms with Gasteiger partial charge in [-0.3, -0.25) is 9.78 Å². The zero-order chi connectivity index (χ0) is 21.5. The van der Waals surface area contributed by atoms with Gasteiger partial charge in [0.1, 0.15) is 0 Å². The first kappa shape index (κ1) is 19.1. The molecule has 31 heavy (non-hydrogen) atoms. The largest absolute Gasteiger partial charge is 0.511 e. The van der Waals surface area contributed by atoms with Gasteiger partial charge in [0, 0.05) is 13.1 Å². The monoisotopic (exact) mass is 437 g/mol. The van der Waals surface area contributed by atoms with E-state index in [1.807, 2.05) is 12.1 Å². The Hall–Kier alpha value is -3.85. The number of carboxylic acid groups (broad SMARTS) is 1. The van der Waals surface area contributed by atoms with Gasteiger partial charge in [0.25, 0.3) is 5.56 Å². The maximum absolute atomic E-state index is 12.8. The van der Waals surface area contributed by atoms with Gasteiger partial charge in [-0.25, -0.2) is 14.5 Å². The van der Waals surface area contributed by atoms with E-state index < -0.39 is 6.16 Å². The first-order valence-corrected chi connectivity index (χ1v) is 9.87. The van der Waals surface area contributed by atoms with Gasteiger partial charge in [0.15, 0.2) is 5.75 Å². The molecule has 0 radical (unpaired) electrons. The van der Waals surface area contributed by atoms with Crippen molar-refractivity contribution in [3.05, 3.63) is 75.3 Å². The summed E-state index contributed by atoms with van der Waals surface area (Å²) in [6, 6.07) is 11.7. The maximum Gasteiger partial charge on any atom is 0.511 e. The first-order valence-electron chi connectivity index (χ1n) is 9.49. The average Bonchev–Trinajstić information content (AvgIpc) is 3.20. The predicted molar refractivity (Wildman–Crippen MR) is 114 cm³/mol. The summed E-state index contributed by atoms with van der Waals surface area (Å²) in [5.41, 5.74) is 3.39. The average molecular weight is 438 g/mol. The van der Waals surface area contributed by atoms with Crippen LogP contribution in [0.1, 0.15) is 11.1 Å². The molecule has 0 bridgehead atoms. The molecule has 156 valence electrons. The summed E-state index contributed by atoms with van der Waals surface area (Å²) >= 11 is 6.57. The van der Waals surface area contributed by atoms with Crippen LogP contribution in [0, 0.1) is 0 Å². The van der Waals surface area contributed by atoms with Crippen LogP contribution in [0.2, 0.25) is 5.02 Å². The molecule has 9 nitrogen and oxygen atoms in total. The van der Waals surface area contributed by atoms with Crippen LogP contribution in [0.25, 0.3) is 16.9 Å². The molecule has 10 heteroatoms. The summed E-state index contributed by atoms with van der Waals surface area (Å²) in [5.74, 6) is 0.127. The number of hydrogen-bond acceptors (Lipinski definition) is 6. The maximum atomic E-state index is 12.8. The molecular formula is C21H16ClN5O4. The Kier molecular flexibility index (Phi) is 4.59. The van der Waals surface area contributed by atoms with Gasteiger partial charge in [0.2, 0.25) is 5.95 Å². The van der Waals surface area contributed by atoms with E-state index in [4.69, 9.17) is 16.7 Å². The zero-order valence-electron chi connectivity index (χ0n) is 16.1. The van der Waals surface area contributed by atoms with Crippen LogP contribution in [-0.2, 0) is 13.0 Å². The van der Waals surface area contributed by atoms with Crippen molar-refractivity contribution in [2.45, 2.75) is 13.0 Å². The SMILES string of the molecule is O=C(O)Oc1cnn(-c2nc3cc(Cl)c(N4CCc5ccccc5C4)cc3c(=O)[nH]2)c1. The number of nitrogens with zero attached hydrogens (tertiary/aromatic N) is 4. The van der Waals surface area contributed by atoms with Gasteiger partial charge in [-0.05, 0) is 29.7 Å². The lowest BCUT2D eigenvalue weighted by Crippen LogP contribution is -2.30. The standard InChI is InChI=1S/C21H16ClN5O4/c22-16-8-17-15(7-18(16)26-6-5-12-3-1-2-4-13(12)10-26)19(28)25-20(24-17)27-11-14(9-23-27)31-21(29)30/h1-4,7-9,11H,5-6,10H2,(H,29,30)(H,24,25,28). The molecule has 0 spiro atoms. The fourth-order valence-corrected chi connectivity index (χ4v) is 4.04. The number of carbonyl (C=O) groups is 1. The van der Waals surface area contributed by atoms with E-state index in [2.05, 4.69) is 36.8 Å². The molecule has 0 saturated heterocycles. The highest BCUT2D eigenvalue weighted by Crippen LogP contribution is 2.33. The third-order valence-electron chi connectivity index (χ3n) is 5.21. The number of H-pyrrole nitrogens is 1. The number of anilines is 1. The van der Waals surface area contributed by atoms with E-state index >= 15 is 0 Å². The Bertz CT molecular complexity index is 1380. The van der Waals surface area contributed by atoms with Gasteiger partial charge in [0.05, 0.1) is 34.0 Å². The third kappa shape index (κ3) is 3.59. The topological polar surface area (TPSA) is 113 Å². The predicted octanol–water partition coefficient (Wildman–Crippen LogP) is 3.38. The first-order chi connectivity index (χ1) is 15.0. The van der Waals surface area contributed by atoms with Crippen molar-refractivity contribution in [2.24, 2.45) is 0 Å². The van der Waals surface area contributed by atoms with Crippen LogP contribution < -0.4 is 15.2 Å². The van der Waals surface area contributed by atoms with Crippen molar-refractivity contribution in [1.29, 1.82) is 0 Å². The minimum Gasteiger partial charge on any atom is -0.449 e. The fourth-order valence-electron chi connectivity index (χ4n) is 3.76. The van der Waals surface area contributed by atoms with Crippen molar-refractivity contribution in [1.82, 2.24) is 19.7 Å². The number of ether oxygens (including phenoxy) is 1. The number of hydrogen-bond donors (Lipinski definition) is 2. The van der Waals surface area contributed by atoms with Gasteiger partial charge in [-0.15, -0.1) is 0 Å². The quantitative estimate of drug-likeness (QED) is 0.472. The van der Waals surface area contributed by atoms with Crippen LogP contribution in [0.5, 0.6) is 5.75 Å². The van der Waals surface area contributed by atoms with Crippen LogP contribution in [0.4, 0.5) is 10.5 Å². The Labute approximate surface area is 180 Å². The highest BCUT2D eigenvalue weighted by Gasteiger charge is 2.20. The molecular weight excluding hydrogens is 422 g/mol. The molecule has 3 heterocycles. The number of nitrogens with one attached hydrogen (secondary N) is 1. The van der Waals surface area contributed by atoms with Crippen molar-refractivity contribution in [3.8, 4) is 11.7 Å². The van der Waals surface area contributed by atoms with Crippen LogP contribution in [-0.4, -0.2) is 37.6 Å². The molecule has 1 aliphatic heterocycles. The summed E-state index contributed by atoms with van der Waals surface area (Å²) in [7, 11) is 0. The van der Waals surface area contributed by atoms with Crippen LogP contribution >= 0.6 is 11.6 Å². The number of halogens is 1. The molecule has 0 amide bonds. The highest BCUT2D eigenvalue weighted by molar-refractivity contribution is 6.34. The molecule has 0 aliphatic carbocycles. The Morgan fingerprint density at radius 1 is 1.23 bits per heavy atom. The highest BCUT2D eigenvalue weighted by atomic mass is 35.5. The van der Waals surface area contributed by atoms with E-state index in [9.17, 15) is 9.59 Å². The van der Waals surface area contributed by atoms with E-state index in [0.717, 1.165) is 18.7 Å². The fraction of sp³-hybridized carbons (Fsp3) is 0.143. The molecule has 0 fully saturated rings. The molecule has 4 aromatic rings. The van der Waals surface area contributed by atoms with Crippen molar-refractivity contribution >= 4 is 34.3 Å². The minimum atomic E-state index is -1.46. The Morgan fingerprint density at radius 3 is 2.84 bits per heavy atom. The summed E-state index contributed by atoms with van der Waals surface area (Å²) in [5, 5.41) is 13.6. The van der Waals surface area contributed by atoms with Gasteiger partial charge in [-0.1, -0.05) is 35.9 Å². The third-order valence-corrected chi connectivity index (χ3v) is 5.52. The van der Waals surface area contributed by atoms with Crippen LogP contribution in [0.3, 0.4) is 0 Å². The number of rotatable bonds is 3. The second kappa shape index (κ2) is 7.44. The van der Waals surface area contributed by atoms with E-state index in [-0.39, 0.29) is 17.3 Å². The summed E-state index contributed by atoms with van der Waals surface area (Å²) in [6.07, 6.45) is 1.96. The molecule has 2 N–H and O–H groups in total. The normalized spacial score (nSPS) is 13.3. The van der Waals surface area contributed by atoms with E-state index in [1.165, 1.54) is 28.2 Å². The summed E-state index contributed by atoms with van der Waals surface area (Å²) in [4.78, 5) is 32.7. The Balaban J connectivity index is 1.51. The van der Waals surface area contributed by atoms with Gasteiger partial charge < -0.3 is 14.7 Å². The van der Waals surface area contributed by atoms with E-state index in [1.54, 1.807) is 12.1 Å². The molecule has 2 aromatic carbocycles. The second-order valence-electron chi connectivity index (χ2n) is 7.14. The lowest BCUT2D eigenvalue weighted by molar-refractivity contribution is 0.144. The van der Waals surface area contributed by atoms with Crippen LogP contribution in [0.15, 0.2) is 53.6 Å². The summed E-state index contributed by atoms with van der Waals surface area (Å²) in [6.45, 7) is 1.51. The molecule has 0 saturated carbocycles. The molecule has 0 atom stereocenters. The number of aromatic nitrogens is 4.